The second-order valence-corrected chi connectivity index (χ2v) is 5.47. The molecule has 3 amide bonds. The molecule has 1 aromatic rings. The molecule has 0 spiro atoms. The molecule has 1 fully saturated rings. The Balaban J connectivity index is 1.98. The van der Waals surface area contributed by atoms with Crippen LogP contribution < -0.4 is 16.2 Å². The summed E-state index contributed by atoms with van der Waals surface area (Å²) in [5, 5.41) is 5.56. The fourth-order valence-corrected chi connectivity index (χ4v) is 2.50. The minimum atomic E-state index is -0.307. The number of amides is 3. The topological polar surface area (TPSA) is 83.4 Å². The molecule has 0 aromatic carbocycles. The third-order valence-corrected chi connectivity index (χ3v) is 3.76. The molecule has 1 saturated heterocycles. The number of aromatic nitrogens is 1. The summed E-state index contributed by atoms with van der Waals surface area (Å²) in [4.78, 5) is 37.3. The predicted molar refractivity (Wildman–Crippen MR) is 83.7 cm³/mol. The third-order valence-electron chi connectivity index (χ3n) is 3.76. The Kier molecular flexibility index (Phi) is 5.19. The van der Waals surface area contributed by atoms with E-state index in [-0.39, 0.29) is 29.2 Å². The van der Waals surface area contributed by atoms with Gasteiger partial charge in [0.2, 0.25) is 5.91 Å². The molecule has 0 aliphatic carbocycles. The highest BCUT2D eigenvalue weighted by atomic mass is 16.2. The molecule has 0 unspecified atom stereocenters. The van der Waals surface area contributed by atoms with Gasteiger partial charge in [-0.2, -0.15) is 0 Å². The average Bonchev–Trinajstić information content (AvgIpc) is 2.52. The quantitative estimate of drug-likeness (QED) is 0.870. The number of piperidine rings is 1. The SMILES string of the molecule is CCC(=O)N[C@H]1CCCN(C(=O)Nc2cccn(C)c2=O)C1. The van der Waals surface area contributed by atoms with Crippen LogP contribution in [0, 0.1) is 0 Å². The van der Waals surface area contributed by atoms with Gasteiger partial charge in [-0.05, 0) is 25.0 Å². The molecule has 7 nitrogen and oxygen atoms in total. The minimum absolute atomic E-state index is 0.0100. The molecule has 2 rings (SSSR count). The largest absolute Gasteiger partial charge is 0.352 e. The summed E-state index contributed by atoms with van der Waals surface area (Å²) in [6, 6.07) is 2.96. The van der Waals surface area contributed by atoms with Crippen LogP contribution in [0.2, 0.25) is 0 Å². The van der Waals surface area contributed by atoms with Crippen molar-refractivity contribution in [1.82, 2.24) is 14.8 Å². The van der Waals surface area contributed by atoms with Crippen LogP contribution in [0.25, 0.3) is 0 Å². The third kappa shape index (κ3) is 3.87. The van der Waals surface area contributed by atoms with E-state index in [1.165, 1.54) is 4.57 Å². The molecule has 1 aliphatic heterocycles. The van der Waals surface area contributed by atoms with Gasteiger partial charge in [0.05, 0.1) is 0 Å². The number of rotatable bonds is 3. The van der Waals surface area contributed by atoms with Gasteiger partial charge in [0, 0.05) is 38.8 Å². The van der Waals surface area contributed by atoms with E-state index in [1.807, 2.05) is 0 Å². The van der Waals surface area contributed by atoms with Gasteiger partial charge in [-0.25, -0.2) is 4.79 Å². The number of anilines is 1. The Morgan fingerprint density at radius 3 is 2.91 bits per heavy atom. The summed E-state index contributed by atoms with van der Waals surface area (Å²) in [7, 11) is 1.63. The van der Waals surface area contributed by atoms with Gasteiger partial charge in [0.1, 0.15) is 5.69 Å². The number of aryl methyl sites for hydroxylation is 1. The molecule has 120 valence electrons. The molecule has 0 radical (unpaired) electrons. The Morgan fingerprint density at radius 1 is 1.41 bits per heavy atom. The molecule has 2 N–H and O–H groups in total. The number of likely N-dealkylation sites (tertiary alicyclic amines) is 1. The summed E-state index contributed by atoms with van der Waals surface area (Å²) < 4.78 is 1.41. The number of nitrogens with zero attached hydrogens (tertiary/aromatic N) is 2. The number of pyridine rings is 1. The first kappa shape index (κ1) is 16.1. The van der Waals surface area contributed by atoms with Crippen molar-refractivity contribution in [3.8, 4) is 0 Å². The molecule has 22 heavy (non-hydrogen) atoms. The summed E-state index contributed by atoms with van der Waals surface area (Å²) in [6.45, 7) is 2.88. The lowest BCUT2D eigenvalue weighted by molar-refractivity contribution is -0.121. The van der Waals surface area contributed by atoms with Gasteiger partial charge in [-0.3, -0.25) is 9.59 Å². The van der Waals surface area contributed by atoms with Crippen molar-refractivity contribution in [2.24, 2.45) is 7.05 Å². The molecular weight excluding hydrogens is 284 g/mol. The van der Waals surface area contributed by atoms with Crippen molar-refractivity contribution in [2.45, 2.75) is 32.2 Å². The fraction of sp³-hybridized carbons (Fsp3) is 0.533. The first-order valence-electron chi connectivity index (χ1n) is 7.52. The van der Waals surface area contributed by atoms with Crippen LogP contribution in [0.15, 0.2) is 23.1 Å². The zero-order valence-corrected chi connectivity index (χ0v) is 13.0. The van der Waals surface area contributed by atoms with Crippen molar-refractivity contribution < 1.29 is 9.59 Å². The number of hydrogen-bond acceptors (Lipinski definition) is 3. The summed E-state index contributed by atoms with van der Waals surface area (Å²) >= 11 is 0. The number of carbonyl (C=O) groups excluding carboxylic acids is 2. The fourth-order valence-electron chi connectivity index (χ4n) is 2.50. The zero-order valence-electron chi connectivity index (χ0n) is 13.0. The Morgan fingerprint density at radius 2 is 2.18 bits per heavy atom. The van der Waals surface area contributed by atoms with Crippen molar-refractivity contribution in [1.29, 1.82) is 0 Å². The Labute approximate surface area is 129 Å². The van der Waals surface area contributed by atoms with Crippen molar-refractivity contribution >= 4 is 17.6 Å². The van der Waals surface area contributed by atoms with E-state index in [9.17, 15) is 14.4 Å². The summed E-state index contributed by atoms with van der Waals surface area (Å²) in [5.74, 6) is -0.0100. The van der Waals surface area contributed by atoms with Crippen LogP contribution >= 0.6 is 0 Å². The molecule has 2 heterocycles. The molecule has 1 atom stereocenters. The number of urea groups is 1. The lowest BCUT2D eigenvalue weighted by Crippen LogP contribution is -2.50. The van der Waals surface area contributed by atoms with Crippen LogP contribution in [-0.2, 0) is 11.8 Å². The number of nitrogens with one attached hydrogen (secondary N) is 2. The van der Waals surface area contributed by atoms with Crippen LogP contribution in [0.5, 0.6) is 0 Å². The summed E-state index contributed by atoms with van der Waals surface area (Å²) in [6.07, 6.45) is 3.76. The van der Waals surface area contributed by atoms with E-state index in [4.69, 9.17) is 0 Å². The molecule has 1 aliphatic rings. The van der Waals surface area contributed by atoms with E-state index >= 15 is 0 Å². The monoisotopic (exact) mass is 306 g/mol. The number of carbonyl (C=O) groups is 2. The van der Waals surface area contributed by atoms with Gasteiger partial charge in [-0.15, -0.1) is 0 Å². The maximum Gasteiger partial charge on any atom is 0.322 e. The van der Waals surface area contributed by atoms with Gasteiger partial charge in [0.15, 0.2) is 0 Å². The van der Waals surface area contributed by atoms with E-state index in [2.05, 4.69) is 10.6 Å². The molecule has 0 saturated carbocycles. The van der Waals surface area contributed by atoms with Gasteiger partial charge < -0.3 is 20.1 Å². The molecule has 0 bridgehead atoms. The van der Waals surface area contributed by atoms with Crippen LogP contribution in [0.1, 0.15) is 26.2 Å². The normalized spacial score (nSPS) is 17.9. The zero-order chi connectivity index (χ0) is 16.1. The summed E-state index contributed by atoms with van der Waals surface area (Å²) in [5.41, 5.74) is 0.0124. The first-order valence-corrected chi connectivity index (χ1v) is 7.52. The average molecular weight is 306 g/mol. The van der Waals surface area contributed by atoms with Gasteiger partial charge >= 0.3 is 6.03 Å². The van der Waals surface area contributed by atoms with E-state index in [1.54, 1.807) is 37.2 Å². The maximum atomic E-state index is 12.3. The maximum absolute atomic E-state index is 12.3. The van der Waals surface area contributed by atoms with E-state index in [0.717, 1.165) is 12.8 Å². The smallest absolute Gasteiger partial charge is 0.322 e. The van der Waals surface area contributed by atoms with E-state index < -0.39 is 0 Å². The lowest BCUT2D eigenvalue weighted by Gasteiger charge is -2.33. The van der Waals surface area contributed by atoms with Gasteiger partial charge in [0.25, 0.3) is 5.56 Å². The van der Waals surface area contributed by atoms with Crippen LogP contribution in [0.4, 0.5) is 10.5 Å². The lowest BCUT2D eigenvalue weighted by atomic mass is 10.1. The van der Waals surface area contributed by atoms with Crippen molar-refractivity contribution in [3.05, 3.63) is 28.7 Å². The molecular formula is C15H22N4O3. The van der Waals surface area contributed by atoms with E-state index in [0.29, 0.717) is 19.5 Å². The second kappa shape index (κ2) is 7.11. The Bertz CT molecular complexity index is 611. The standard InChI is InChI=1S/C15H22N4O3/c1-3-13(20)16-11-6-4-9-19(10-11)15(22)17-12-7-5-8-18(2)14(12)21/h5,7-8,11H,3-4,6,9-10H2,1-2H3,(H,16,20)(H,17,22)/t11-/m0/s1. The van der Waals surface area contributed by atoms with Crippen LogP contribution in [-0.4, -0.2) is 40.5 Å². The first-order chi connectivity index (χ1) is 10.5. The highest BCUT2D eigenvalue weighted by molar-refractivity contribution is 5.89. The van der Waals surface area contributed by atoms with Crippen molar-refractivity contribution in [3.63, 3.8) is 0 Å². The molecule has 7 heteroatoms. The minimum Gasteiger partial charge on any atom is -0.352 e. The van der Waals surface area contributed by atoms with Crippen LogP contribution in [0.3, 0.4) is 0 Å². The number of hydrogen-bond donors (Lipinski definition) is 2. The highest BCUT2D eigenvalue weighted by Gasteiger charge is 2.24. The Hall–Kier alpha value is -2.31. The molecule has 1 aromatic heterocycles. The van der Waals surface area contributed by atoms with Gasteiger partial charge in [-0.1, -0.05) is 6.92 Å². The predicted octanol–water partition coefficient (Wildman–Crippen LogP) is 0.908. The second-order valence-electron chi connectivity index (χ2n) is 5.47. The highest BCUT2D eigenvalue weighted by Crippen LogP contribution is 2.12. The van der Waals surface area contributed by atoms with Crippen molar-refractivity contribution in [2.75, 3.05) is 18.4 Å².